The summed E-state index contributed by atoms with van der Waals surface area (Å²) in [6.07, 6.45) is 0. The molecule has 0 aromatic carbocycles. The molecule has 17 heavy (non-hydrogen) atoms. The molecule has 1 heterocycles. The van der Waals surface area contributed by atoms with Crippen LogP contribution in [0.3, 0.4) is 0 Å². The van der Waals surface area contributed by atoms with Crippen LogP contribution in [0.1, 0.15) is 20.8 Å². The van der Waals surface area contributed by atoms with Gasteiger partial charge in [0.2, 0.25) is 5.13 Å². The molecular formula is C9H16N4O2S2. The van der Waals surface area contributed by atoms with Gasteiger partial charge in [0.25, 0.3) is 0 Å². The minimum atomic E-state index is -0.299. The second-order valence-corrected chi connectivity index (χ2v) is 6.59. The van der Waals surface area contributed by atoms with Gasteiger partial charge in [-0.25, -0.2) is 4.79 Å². The van der Waals surface area contributed by atoms with E-state index >= 15 is 0 Å². The number of carbonyl (C=O) groups excluding carboxylic acids is 1. The van der Waals surface area contributed by atoms with Crippen molar-refractivity contribution in [2.45, 2.75) is 30.6 Å². The van der Waals surface area contributed by atoms with Gasteiger partial charge in [-0.3, -0.25) is 5.32 Å². The first-order valence-corrected chi connectivity index (χ1v) is 6.87. The molecule has 0 spiro atoms. The van der Waals surface area contributed by atoms with Crippen LogP contribution in [0.25, 0.3) is 0 Å². The van der Waals surface area contributed by atoms with Gasteiger partial charge >= 0.3 is 6.03 Å². The number of nitrogens with one attached hydrogen (secondary N) is 2. The number of amides is 2. The van der Waals surface area contributed by atoms with Gasteiger partial charge in [0.15, 0.2) is 4.34 Å². The zero-order valence-corrected chi connectivity index (χ0v) is 11.6. The summed E-state index contributed by atoms with van der Waals surface area (Å²) in [5, 5.41) is 22.2. The van der Waals surface area contributed by atoms with Crippen molar-refractivity contribution in [3.8, 4) is 0 Å². The smallest absolute Gasteiger partial charge is 0.321 e. The molecule has 1 rings (SSSR count). The molecule has 0 unspecified atom stereocenters. The molecule has 0 saturated heterocycles. The molecule has 0 fully saturated rings. The number of carbonyl (C=O) groups is 1. The van der Waals surface area contributed by atoms with Crippen molar-refractivity contribution in [1.29, 1.82) is 0 Å². The van der Waals surface area contributed by atoms with Crippen LogP contribution in [0.5, 0.6) is 0 Å². The SMILES string of the molecule is CC(C)(C)NC(=O)Nc1nnc(SCCO)s1. The maximum absolute atomic E-state index is 11.5. The van der Waals surface area contributed by atoms with Crippen molar-refractivity contribution in [2.24, 2.45) is 0 Å². The Balaban J connectivity index is 2.46. The summed E-state index contributed by atoms with van der Waals surface area (Å²) >= 11 is 2.69. The molecule has 2 amide bonds. The number of rotatable bonds is 4. The highest BCUT2D eigenvalue weighted by atomic mass is 32.2. The standard InChI is InChI=1S/C9H16N4O2S2/c1-9(2,3)11-6(15)10-7-12-13-8(17-7)16-5-4-14/h14H,4-5H2,1-3H3,(H2,10,11,12,15). The molecule has 96 valence electrons. The van der Waals surface area contributed by atoms with Crippen LogP contribution in [-0.2, 0) is 0 Å². The number of aromatic nitrogens is 2. The van der Waals surface area contributed by atoms with Crippen molar-refractivity contribution in [3.63, 3.8) is 0 Å². The third-order valence-corrected chi connectivity index (χ3v) is 3.38. The van der Waals surface area contributed by atoms with Crippen molar-refractivity contribution >= 4 is 34.3 Å². The average molecular weight is 276 g/mol. The average Bonchev–Trinajstić information content (AvgIpc) is 2.59. The number of hydrogen-bond acceptors (Lipinski definition) is 6. The maximum Gasteiger partial charge on any atom is 0.321 e. The predicted molar refractivity (Wildman–Crippen MR) is 69.6 cm³/mol. The van der Waals surface area contributed by atoms with E-state index in [1.807, 2.05) is 20.8 Å². The largest absolute Gasteiger partial charge is 0.396 e. The first-order chi connectivity index (χ1) is 7.90. The molecule has 1 aromatic rings. The van der Waals surface area contributed by atoms with E-state index in [9.17, 15) is 4.79 Å². The molecule has 0 aliphatic carbocycles. The molecule has 0 radical (unpaired) electrons. The van der Waals surface area contributed by atoms with Crippen LogP contribution in [0.15, 0.2) is 4.34 Å². The summed E-state index contributed by atoms with van der Waals surface area (Å²) in [4.78, 5) is 11.5. The van der Waals surface area contributed by atoms with Crippen molar-refractivity contribution in [3.05, 3.63) is 0 Å². The van der Waals surface area contributed by atoms with E-state index < -0.39 is 0 Å². The Morgan fingerprint density at radius 1 is 1.47 bits per heavy atom. The monoisotopic (exact) mass is 276 g/mol. The zero-order valence-electron chi connectivity index (χ0n) is 9.98. The van der Waals surface area contributed by atoms with Crippen LogP contribution < -0.4 is 10.6 Å². The van der Waals surface area contributed by atoms with Crippen LogP contribution in [0, 0.1) is 0 Å². The minimum absolute atomic E-state index is 0.0948. The Kier molecular flexibility index (Phi) is 5.16. The Morgan fingerprint density at radius 2 is 2.18 bits per heavy atom. The van der Waals surface area contributed by atoms with Crippen molar-refractivity contribution in [2.75, 3.05) is 17.7 Å². The molecule has 8 heteroatoms. The lowest BCUT2D eigenvalue weighted by Crippen LogP contribution is -2.43. The normalized spacial score (nSPS) is 11.3. The lowest BCUT2D eigenvalue weighted by atomic mass is 10.1. The predicted octanol–water partition coefficient (Wildman–Crippen LogP) is 1.54. The quantitative estimate of drug-likeness (QED) is 0.573. The lowest BCUT2D eigenvalue weighted by Gasteiger charge is -2.19. The van der Waals surface area contributed by atoms with E-state index in [4.69, 9.17) is 5.11 Å². The molecule has 3 N–H and O–H groups in total. The zero-order chi connectivity index (χ0) is 12.9. The number of hydrogen-bond donors (Lipinski definition) is 3. The third-order valence-electron chi connectivity index (χ3n) is 1.43. The maximum atomic E-state index is 11.5. The fourth-order valence-corrected chi connectivity index (χ4v) is 2.48. The fraction of sp³-hybridized carbons (Fsp3) is 0.667. The lowest BCUT2D eigenvalue weighted by molar-refractivity contribution is 0.244. The third kappa shape index (κ3) is 5.85. The highest BCUT2D eigenvalue weighted by molar-refractivity contribution is 8.01. The molecule has 0 bridgehead atoms. The number of thioether (sulfide) groups is 1. The van der Waals surface area contributed by atoms with Gasteiger partial charge < -0.3 is 10.4 Å². The number of anilines is 1. The summed E-state index contributed by atoms with van der Waals surface area (Å²) in [6, 6.07) is -0.299. The fourth-order valence-electron chi connectivity index (χ4n) is 0.921. The molecule has 0 aliphatic heterocycles. The summed E-state index contributed by atoms with van der Waals surface area (Å²) in [6.45, 7) is 5.79. The van der Waals surface area contributed by atoms with E-state index in [1.54, 1.807) is 0 Å². The van der Waals surface area contributed by atoms with Crippen LogP contribution >= 0.6 is 23.1 Å². The Hall–Kier alpha value is -0.860. The molecule has 6 nitrogen and oxygen atoms in total. The van der Waals surface area contributed by atoms with Gasteiger partial charge in [-0.1, -0.05) is 23.1 Å². The van der Waals surface area contributed by atoms with Crippen molar-refractivity contribution < 1.29 is 9.90 Å². The van der Waals surface area contributed by atoms with Gasteiger partial charge in [-0.05, 0) is 20.8 Å². The topological polar surface area (TPSA) is 87.1 Å². The van der Waals surface area contributed by atoms with Crippen LogP contribution in [0.2, 0.25) is 0 Å². The van der Waals surface area contributed by atoms with E-state index in [0.717, 1.165) is 4.34 Å². The molecule has 0 atom stereocenters. The van der Waals surface area contributed by atoms with Crippen LogP contribution in [0.4, 0.5) is 9.93 Å². The Bertz CT molecular complexity index is 375. The van der Waals surface area contributed by atoms with E-state index in [-0.39, 0.29) is 18.2 Å². The summed E-state index contributed by atoms with van der Waals surface area (Å²) in [7, 11) is 0. The first-order valence-electron chi connectivity index (χ1n) is 5.07. The molecule has 0 saturated carbocycles. The second-order valence-electron chi connectivity index (χ2n) is 4.27. The molecule has 1 aromatic heterocycles. The van der Waals surface area contributed by atoms with Gasteiger partial charge in [0.05, 0.1) is 6.61 Å². The second kappa shape index (κ2) is 6.18. The van der Waals surface area contributed by atoms with Gasteiger partial charge in [-0.2, -0.15) is 0 Å². The number of aliphatic hydroxyl groups excluding tert-OH is 1. The Labute approximate surface area is 108 Å². The number of urea groups is 1. The van der Waals surface area contributed by atoms with Gasteiger partial charge in [-0.15, -0.1) is 10.2 Å². The van der Waals surface area contributed by atoms with Crippen LogP contribution in [-0.4, -0.2) is 39.2 Å². The minimum Gasteiger partial charge on any atom is -0.396 e. The molecular weight excluding hydrogens is 260 g/mol. The summed E-state index contributed by atoms with van der Waals surface area (Å²) < 4.78 is 0.727. The number of aliphatic hydroxyl groups is 1. The van der Waals surface area contributed by atoms with Crippen molar-refractivity contribution in [1.82, 2.24) is 15.5 Å². The Morgan fingerprint density at radius 3 is 2.76 bits per heavy atom. The highest BCUT2D eigenvalue weighted by Crippen LogP contribution is 2.24. The first kappa shape index (κ1) is 14.2. The summed E-state index contributed by atoms with van der Waals surface area (Å²) in [5.41, 5.74) is -0.288. The van der Waals surface area contributed by atoms with E-state index in [0.29, 0.717) is 10.9 Å². The van der Waals surface area contributed by atoms with E-state index in [2.05, 4.69) is 20.8 Å². The van der Waals surface area contributed by atoms with E-state index in [1.165, 1.54) is 23.1 Å². The highest BCUT2D eigenvalue weighted by Gasteiger charge is 2.15. The summed E-state index contributed by atoms with van der Waals surface area (Å²) in [5.74, 6) is 0.572. The number of nitrogens with zero attached hydrogens (tertiary/aromatic N) is 2. The van der Waals surface area contributed by atoms with Gasteiger partial charge in [0.1, 0.15) is 0 Å². The van der Waals surface area contributed by atoms with Gasteiger partial charge in [0, 0.05) is 11.3 Å². The molecule has 0 aliphatic rings.